The van der Waals surface area contributed by atoms with Gasteiger partial charge in [0.25, 0.3) is 0 Å². The minimum atomic E-state index is -0.494. The Hall–Kier alpha value is -2.86. The normalized spacial score (nSPS) is 15.6. The van der Waals surface area contributed by atoms with Crippen molar-refractivity contribution in [2.75, 3.05) is 46.0 Å². The van der Waals surface area contributed by atoms with E-state index in [9.17, 15) is 9.90 Å². The molecule has 0 radical (unpaired) electrons. The van der Waals surface area contributed by atoms with Crippen molar-refractivity contribution in [3.8, 4) is 23.1 Å². The van der Waals surface area contributed by atoms with Gasteiger partial charge in [-0.05, 0) is 36.4 Å². The Labute approximate surface area is 232 Å². The summed E-state index contributed by atoms with van der Waals surface area (Å²) in [6.07, 6.45) is 1.72. The highest BCUT2D eigenvalue weighted by molar-refractivity contribution is 6.32. The van der Waals surface area contributed by atoms with E-state index in [-0.39, 0.29) is 5.91 Å². The summed E-state index contributed by atoms with van der Waals surface area (Å²) in [5.74, 6) is 6.07. The van der Waals surface area contributed by atoms with Crippen LogP contribution in [0, 0.1) is 11.8 Å². The molecule has 1 amide bonds. The summed E-state index contributed by atoms with van der Waals surface area (Å²) < 4.78 is 7.59. The van der Waals surface area contributed by atoms with Gasteiger partial charge in [-0.2, -0.15) is 5.10 Å². The molecule has 198 valence electrons. The van der Waals surface area contributed by atoms with E-state index < -0.39 is 6.61 Å². The van der Waals surface area contributed by atoms with Crippen LogP contribution in [0.1, 0.15) is 28.8 Å². The lowest BCUT2D eigenvalue weighted by atomic mass is 9.99. The van der Waals surface area contributed by atoms with Crippen LogP contribution in [0.15, 0.2) is 42.5 Å². The fourth-order valence-corrected chi connectivity index (χ4v) is 5.34. The SMILES string of the molecule is O=C(CO)N1CCc2c(c(-c3ccc(Cl)c(C#Cc4ccc(Cl)cc4)c3)nn2CCC[NH+]2CCOCC2)C1. The maximum absolute atomic E-state index is 12.3. The first-order chi connectivity index (χ1) is 18.5. The quantitative estimate of drug-likeness (QED) is 0.460. The Balaban J connectivity index is 1.44. The van der Waals surface area contributed by atoms with Crippen molar-refractivity contribution in [3.63, 3.8) is 0 Å². The number of rotatable bonds is 6. The van der Waals surface area contributed by atoms with Gasteiger partial charge < -0.3 is 19.6 Å². The van der Waals surface area contributed by atoms with Crippen molar-refractivity contribution in [3.05, 3.63) is 74.9 Å². The number of carbonyl (C=O) groups excluding carboxylic acids is 1. The van der Waals surface area contributed by atoms with Crippen molar-refractivity contribution in [2.45, 2.75) is 25.9 Å². The molecule has 1 saturated heterocycles. The Morgan fingerprint density at radius 2 is 1.89 bits per heavy atom. The first-order valence-electron chi connectivity index (χ1n) is 13.0. The third-order valence-corrected chi connectivity index (χ3v) is 7.73. The van der Waals surface area contributed by atoms with Gasteiger partial charge in [-0.3, -0.25) is 9.48 Å². The van der Waals surface area contributed by atoms with E-state index in [1.165, 1.54) is 0 Å². The predicted octanol–water partition coefficient (Wildman–Crippen LogP) is 2.44. The molecule has 7 nitrogen and oxygen atoms in total. The van der Waals surface area contributed by atoms with Crippen LogP contribution in [0.2, 0.25) is 10.0 Å². The van der Waals surface area contributed by atoms with Gasteiger partial charge in [-0.15, -0.1) is 0 Å². The first kappa shape index (κ1) is 26.7. The van der Waals surface area contributed by atoms with E-state index in [2.05, 4.69) is 16.5 Å². The van der Waals surface area contributed by atoms with Crippen LogP contribution < -0.4 is 4.90 Å². The van der Waals surface area contributed by atoms with Crippen molar-refractivity contribution >= 4 is 29.1 Å². The van der Waals surface area contributed by atoms with E-state index in [0.717, 1.165) is 73.9 Å². The third-order valence-electron chi connectivity index (χ3n) is 7.15. The first-order valence-corrected chi connectivity index (χ1v) is 13.7. The molecule has 5 rings (SSSR count). The van der Waals surface area contributed by atoms with E-state index in [1.54, 1.807) is 9.80 Å². The molecule has 1 fully saturated rings. The number of nitrogens with one attached hydrogen (secondary N) is 1. The van der Waals surface area contributed by atoms with Gasteiger partial charge in [0.1, 0.15) is 19.7 Å². The Morgan fingerprint density at radius 1 is 1.11 bits per heavy atom. The minimum absolute atomic E-state index is 0.268. The summed E-state index contributed by atoms with van der Waals surface area (Å²) in [5, 5.41) is 15.7. The average molecular weight is 554 g/mol. The molecule has 0 aliphatic carbocycles. The van der Waals surface area contributed by atoms with Crippen molar-refractivity contribution < 1.29 is 19.5 Å². The Bertz CT molecular complexity index is 1350. The Kier molecular flexibility index (Phi) is 8.68. The number of carbonyl (C=O) groups is 1. The maximum atomic E-state index is 12.3. The third kappa shape index (κ3) is 6.23. The number of quaternary nitrogens is 1. The molecule has 0 atom stereocenters. The van der Waals surface area contributed by atoms with Gasteiger partial charge >= 0.3 is 0 Å². The molecule has 38 heavy (non-hydrogen) atoms. The highest BCUT2D eigenvalue weighted by atomic mass is 35.5. The van der Waals surface area contributed by atoms with E-state index in [1.807, 2.05) is 42.5 Å². The molecule has 1 aromatic heterocycles. The molecule has 0 bridgehead atoms. The number of benzene rings is 2. The zero-order chi connectivity index (χ0) is 26.5. The van der Waals surface area contributed by atoms with Gasteiger partial charge in [-0.25, -0.2) is 0 Å². The summed E-state index contributed by atoms with van der Waals surface area (Å²) in [5.41, 5.74) is 5.47. The number of aryl methyl sites for hydroxylation is 1. The standard InChI is InChI=1S/C29H30Cl2N4O3/c30-24-7-3-21(4-8-24)2-5-22-18-23(6-9-26(22)31)29-25-19-34(28(37)20-36)13-10-27(25)35(32-29)12-1-11-33-14-16-38-17-15-33/h3-4,6-9,18,36H,1,10-17,19-20H2/p+1. The van der Waals surface area contributed by atoms with Crippen molar-refractivity contribution in [1.82, 2.24) is 14.7 Å². The monoisotopic (exact) mass is 553 g/mol. The molecule has 0 saturated carbocycles. The van der Waals surface area contributed by atoms with Gasteiger partial charge in [0.2, 0.25) is 5.91 Å². The smallest absolute Gasteiger partial charge is 0.248 e. The summed E-state index contributed by atoms with van der Waals surface area (Å²) >= 11 is 12.5. The molecule has 2 N–H and O–H groups in total. The number of fused-ring (bicyclic) bond motifs is 1. The van der Waals surface area contributed by atoms with Crippen LogP contribution >= 0.6 is 23.2 Å². The largest absolute Gasteiger partial charge is 0.387 e. The second-order valence-electron chi connectivity index (χ2n) is 9.64. The molecule has 0 unspecified atom stereocenters. The zero-order valence-corrected chi connectivity index (χ0v) is 22.7. The summed E-state index contributed by atoms with van der Waals surface area (Å²) in [4.78, 5) is 15.6. The van der Waals surface area contributed by atoms with Crippen molar-refractivity contribution in [2.24, 2.45) is 0 Å². The molecule has 0 spiro atoms. The van der Waals surface area contributed by atoms with Crippen LogP contribution in [0.5, 0.6) is 0 Å². The minimum Gasteiger partial charge on any atom is -0.387 e. The number of morpholine rings is 1. The number of amides is 1. The number of hydrogen-bond acceptors (Lipinski definition) is 4. The molecular formula is C29H31Cl2N4O3+. The maximum Gasteiger partial charge on any atom is 0.248 e. The fraction of sp³-hybridized carbons (Fsp3) is 0.379. The molecule has 3 heterocycles. The van der Waals surface area contributed by atoms with Gasteiger partial charge in [0, 0.05) is 65.4 Å². The number of nitrogens with zero attached hydrogens (tertiary/aromatic N) is 3. The number of ether oxygens (including phenoxy) is 1. The second-order valence-corrected chi connectivity index (χ2v) is 10.5. The average Bonchev–Trinajstić information content (AvgIpc) is 3.31. The molecule has 3 aromatic rings. The molecule has 2 aliphatic heterocycles. The molecular weight excluding hydrogens is 523 g/mol. The highest BCUT2D eigenvalue weighted by Crippen LogP contribution is 2.32. The number of aliphatic hydroxyl groups is 1. The lowest BCUT2D eigenvalue weighted by molar-refractivity contribution is -0.908. The second kappa shape index (κ2) is 12.3. The van der Waals surface area contributed by atoms with Crippen LogP contribution in [0.3, 0.4) is 0 Å². The molecule has 9 heteroatoms. The predicted molar refractivity (Wildman–Crippen MR) is 147 cm³/mol. The zero-order valence-electron chi connectivity index (χ0n) is 21.2. The van der Waals surface area contributed by atoms with Crippen molar-refractivity contribution in [1.29, 1.82) is 0 Å². The van der Waals surface area contributed by atoms with Gasteiger partial charge in [-0.1, -0.05) is 41.1 Å². The lowest BCUT2D eigenvalue weighted by Gasteiger charge is -2.27. The molecule has 2 aliphatic rings. The van der Waals surface area contributed by atoms with Crippen LogP contribution in [-0.4, -0.2) is 71.7 Å². The van der Waals surface area contributed by atoms with Crippen LogP contribution in [0.25, 0.3) is 11.3 Å². The Morgan fingerprint density at radius 3 is 2.66 bits per heavy atom. The molecule has 2 aromatic carbocycles. The fourth-order valence-electron chi connectivity index (χ4n) is 5.05. The number of aliphatic hydroxyl groups excluding tert-OH is 1. The van der Waals surface area contributed by atoms with E-state index in [4.69, 9.17) is 33.0 Å². The van der Waals surface area contributed by atoms with Gasteiger partial charge in [0.05, 0.1) is 30.5 Å². The van der Waals surface area contributed by atoms with E-state index >= 15 is 0 Å². The number of hydrogen-bond donors (Lipinski definition) is 2. The summed E-state index contributed by atoms with van der Waals surface area (Å²) in [6, 6.07) is 13.1. The topological polar surface area (TPSA) is 72.0 Å². The number of halogens is 2. The highest BCUT2D eigenvalue weighted by Gasteiger charge is 2.28. The lowest BCUT2D eigenvalue weighted by Crippen LogP contribution is -3.14. The van der Waals surface area contributed by atoms with Crippen LogP contribution in [0.4, 0.5) is 0 Å². The number of aromatic nitrogens is 2. The van der Waals surface area contributed by atoms with Gasteiger partial charge in [0.15, 0.2) is 0 Å². The van der Waals surface area contributed by atoms with E-state index in [0.29, 0.717) is 35.1 Å². The van der Waals surface area contributed by atoms with Crippen LogP contribution in [-0.2, 0) is 29.0 Å². The summed E-state index contributed by atoms with van der Waals surface area (Å²) in [6.45, 7) is 6.14. The summed E-state index contributed by atoms with van der Waals surface area (Å²) in [7, 11) is 0.